The van der Waals surface area contributed by atoms with E-state index in [4.69, 9.17) is 4.99 Å². The third-order valence-corrected chi connectivity index (χ3v) is 5.07. The van der Waals surface area contributed by atoms with E-state index in [2.05, 4.69) is 83.6 Å². The molecule has 2 rings (SSSR count). The molecule has 0 aliphatic carbocycles. The van der Waals surface area contributed by atoms with E-state index in [1.165, 1.54) is 11.1 Å². The van der Waals surface area contributed by atoms with Gasteiger partial charge < -0.3 is 15.2 Å². The van der Waals surface area contributed by atoms with Crippen LogP contribution in [0.3, 0.4) is 0 Å². The van der Waals surface area contributed by atoms with Gasteiger partial charge in [0.05, 0.1) is 6.54 Å². The van der Waals surface area contributed by atoms with Gasteiger partial charge in [0.15, 0.2) is 11.1 Å². The van der Waals surface area contributed by atoms with E-state index in [9.17, 15) is 0 Å². The number of aromatic nitrogens is 3. The molecule has 0 radical (unpaired) electrons. The Kier molecular flexibility index (Phi) is 12.3. The molecule has 0 amide bonds. The third-order valence-electron chi connectivity index (χ3n) is 4.41. The second kappa shape index (κ2) is 13.8. The lowest BCUT2D eigenvalue weighted by molar-refractivity contribution is 0.477. The van der Waals surface area contributed by atoms with Crippen molar-refractivity contribution in [3.63, 3.8) is 0 Å². The fraction of sp³-hybridized carbons (Fsp3) is 0.571. The highest BCUT2D eigenvalue weighted by Crippen LogP contribution is 2.16. The summed E-state index contributed by atoms with van der Waals surface area (Å²) in [5.41, 5.74) is 2.53. The van der Waals surface area contributed by atoms with Gasteiger partial charge in [-0.2, -0.15) is 0 Å². The van der Waals surface area contributed by atoms with Crippen molar-refractivity contribution in [2.75, 3.05) is 19.3 Å². The lowest BCUT2D eigenvalue weighted by Gasteiger charge is -2.13. The van der Waals surface area contributed by atoms with Crippen LogP contribution in [0.25, 0.3) is 0 Å². The largest absolute Gasteiger partial charge is 0.357 e. The number of rotatable bonds is 10. The van der Waals surface area contributed by atoms with Gasteiger partial charge in [-0.1, -0.05) is 49.9 Å². The number of nitrogens with zero attached hydrogens (tertiary/aromatic N) is 4. The number of benzene rings is 1. The molecular formula is C21H35IN6S. The maximum Gasteiger partial charge on any atom is 0.191 e. The van der Waals surface area contributed by atoms with Crippen molar-refractivity contribution in [2.45, 2.75) is 58.8 Å². The van der Waals surface area contributed by atoms with Crippen molar-refractivity contribution >= 4 is 41.7 Å². The number of hydrogen-bond donors (Lipinski definition) is 2. The van der Waals surface area contributed by atoms with E-state index in [1.54, 1.807) is 11.8 Å². The first-order valence-electron chi connectivity index (χ1n) is 10.1. The predicted octanol–water partition coefficient (Wildman–Crippen LogP) is 4.27. The van der Waals surface area contributed by atoms with Crippen molar-refractivity contribution in [1.29, 1.82) is 0 Å². The average Bonchev–Trinajstić information content (AvgIpc) is 3.05. The third kappa shape index (κ3) is 8.54. The Bertz CT molecular complexity index is 759. The molecule has 0 spiro atoms. The molecule has 8 heteroatoms. The summed E-state index contributed by atoms with van der Waals surface area (Å²) < 4.78 is 2.26. The molecule has 29 heavy (non-hydrogen) atoms. The highest BCUT2D eigenvalue weighted by molar-refractivity contribution is 14.0. The molecule has 0 fully saturated rings. The standard InChI is InChI=1S/C21H34N6S.HI/c1-6-22-20(24-14-18-11-8-7-10-17(18)4)23-13-9-12-19-25-26-21(28-5)27(19)15-16(2)3;/h7-8,10-11,16H,6,9,12-15H2,1-5H3,(H2,22,23,24);1H. The molecule has 0 unspecified atom stereocenters. The van der Waals surface area contributed by atoms with Crippen LogP contribution in [0.4, 0.5) is 0 Å². The molecule has 2 N–H and O–H groups in total. The summed E-state index contributed by atoms with van der Waals surface area (Å²) in [7, 11) is 0. The Morgan fingerprint density at radius 2 is 1.97 bits per heavy atom. The molecule has 1 aromatic heterocycles. The molecule has 0 aliphatic rings. The molecule has 1 aromatic carbocycles. The lowest BCUT2D eigenvalue weighted by atomic mass is 10.1. The maximum absolute atomic E-state index is 4.72. The number of aryl methyl sites for hydroxylation is 2. The van der Waals surface area contributed by atoms with Gasteiger partial charge in [0, 0.05) is 26.1 Å². The van der Waals surface area contributed by atoms with Crippen LogP contribution in [0, 0.1) is 12.8 Å². The molecule has 162 valence electrons. The van der Waals surface area contributed by atoms with Crippen LogP contribution in [0.5, 0.6) is 0 Å². The zero-order valence-electron chi connectivity index (χ0n) is 18.2. The van der Waals surface area contributed by atoms with Crippen LogP contribution < -0.4 is 10.6 Å². The quantitative estimate of drug-likeness (QED) is 0.158. The van der Waals surface area contributed by atoms with Crippen LogP contribution in [0.1, 0.15) is 44.1 Å². The maximum atomic E-state index is 4.72. The number of thioether (sulfide) groups is 1. The number of guanidine groups is 1. The van der Waals surface area contributed by atoms with E-state index >= 15 is 0 Å². The molecule has 1 heterocycles. The average molecular weight is 531 g/mol. The second-order valence-corrected chi connectivity index (χ2v) is 8.03. The fourth-order valence-corrected chi connectivity index (χ4v) is 3.47. The summed E-state index contributed by atoms with van der Waals surface area (Å²) in [6, 6.07) is 8.38. The predicted molar refractivity (Wildman–Crippen MR) is 134 cm³/mol. The van der Waals surface area contributed by atoms with Crippen molar-refractivity contribution in [2.24, 2.45) is 10.9 Å². The van der Waals surface area contributed by atoms with Crippen LogP contribution >= 0.6 is 35.7 Å². The van der Waals surface area contributed by atoms with Crippen LogP contribution in [0.15, 0.2) is 34.4 Å². The van der Waals surface area contributed by atoms with Crippen molar-refractivity contribution < 1.29 is 0 Å². The van der Waals surface area contributed by atoms with Gasteiger partial charge in [-0.15, -0.1) is 34.2 Å². The van der Waals surface area contributed by atoms with E-state index in [0.29, 0.717) is 12.5 Å². The van der Waals surface area contributed by atoms with Gasteiger partial charge >= 0.3 is 0 Å². The number of hydrogen-bond acceptors (Lipinski definition) is 4. The Hall–Kier alpha value is -1.29. The Labute approximate surface area is 196 Å². The fourth-order valence-electron chi connectivity index (χ4n) is 2.95. The summed E-state index contributed by atoms with van der Waals surface area (Å²) in [6.07, 6.45) is 3.95. The molecule has 0 saturated heterocycles. The minimum atomic E-state index is 0. The zero-order chi connectivity index (χ0) is 20.4. The zero-order valence-corrected chi connectivity index (χ0v) is 21.4. The Morgan fingerprint density at radius 3 is 2.62 bits per heavy atom. The normalized spacial score (nSPS) is 11.4. The number of halogens is 1. The molecular weight excluding hydrogens is 495 g/mol. The summed E-state index contributed by atoms with van der Waals surface area (Å²) >= 11 is 1.66. The van der Waals surface area contributed by atoms with Crippen LogP contribution in [-0.2, 0) is 19.5 Å². The van der Waals surface area contributed by atoms with E-state index in [1.807, 2.05) is 0 Å². The number of nitrogens with one attached hydrogen (secondary N) is 2. The van der Waals surface area contributed by atoms with E-state index < -0.39 is 0 Å². The van der Waals surface area contributed by atoms with Crippen molar-refractivity contribution in [1.82, 2.24) is 25.4 Å². The van der Waals surface area contributed by atoms with E-state index in [-0.39, 0.29) is 24.0 Å². The van der Waals surface area contributed by atoms with Gasteiger partial charge in [-0.3, -0.25) is 0 Å². The molecule has 0 saturated carbocycles. The summed E-state index contributed by atoms with van der Waals surface area (Å²) in [5, 5.41) is 16.5. The van der Waals surface area contributed by atoms with Crippen molar-refractivity contribution in [3.05, 3.63) is 41.2 Å². The molecule has 0 atom stereocenters. The molecule has 2 aromatic rings. The first-order valence-corrected chi connectivity index (χ1v) is 11.3. The van der Waals surface area contributed by atoms with Gasteiger partial charge in [-0.25, -0.2) is 4.99 Å². The van der Waals surface area contributed by atoms with Gasteiger partial charge in [0.25, 0.3) is 0 Å². The van der Waals surface area contributed by atoms with Gasteiger partial charge in [0.2, 0.25) is 0 Å². The van der Waals surface area contributed by atoms with Gasteiger partial charge in [-0.05, 0) is 43.6 Å². The minimum Gasteiger partial charge on any atom is -0.357 e. The SMILES string of the molecule is CCNC(=NCc1ccccc1C)NCCCc1nnc(SC)n1CC(C)C.I. The van der Waals surface area contributed by atoms with E-state index in [0.717, 1.165) is 49.4 Å². The van der Waals surface area contributed by atoms with Crippen molar-refractivity contribution in [3.8, 4) is 0 Å². The minimum absolute atomic E-state index is 0. The summed E-state index contributed by atoms with van der Waals surface area (Å²) in [5.74, 6) is 2.51. The number of aliphatic imine (C=N–C) groups is 1. The molecule has 0 bridgehead atoms. The highest BCUT2D eigenvalue weighted by Gasteiger charge is 2.12. The highest BCUT2D eigenvalue weighted by atomic mass is 127. The lowest BCUT2D eigenvalue weighted by Crippen LogP contribution is -2.38. The van der Waals surface area contributed by atoms with Gasteiger partial charge in [0.1, 0.15) is 5.82 Å². The topological polar surface area (TPSA) is 67.1 Å². The Morgan fingerprint density at radius 1 is 1.21 bits per heavy atom. The smallest absolute Gasteiger partial charge is 0.191 e. The molecule has 0 aliphatic heterocycles. The van der Waals surface area contributed by atoms with Crippen LogP contribution in [-0.4, -0.2) is 40.1 Å². The first-order chi connectivity index (χ1) is 13.5. The Balaban J connectivity index is 0.00000420. The second-order valence-electron chi connectivity index (χ2n) is 7.26. The van der Waals surface area contributed by atoms with Crippen LogP contribution in [0.2, 0.25) is 0 Å². The monoisotopic (exact) mass is 530 g/mol. The summed E-state index contributed by atoms with van der Waals surface area (Å²) in [4.78, 5) is 4.72. The summed E-state index contributed by atoms with van der Waals surface area (Å²) in [6.45, 7) is 12.0. The first kappa shape index (κ1) is 25.7. The molecule has 6 nitrogen and oxygen atoms in total.